The quantitative estimate of drug-likeness (QED) is 0.820. The summed E-state index contributed by atoms with van der Waals surface area (Å²) in [7, 11) is 0. The number of hydrogen-bond donors (Lipinski definition) is 2. The summed E-state index contributed by atoms with van der Waals surface area (Å²) in [6.45, 7) is 7.40. The molecular weight excluding hydrogens is 246 g/mol. The van der Waals surface area contributed by atoms with E-state index in [4.69, 9.17) is 18.0 Å². The van der Waals surface area contributed by atoms with Crippen LogP contribution in [-0.2, 0) is 4.79 Å². The van der Waals surface area contributed by atoms with E-state index in [0.717, 1.165) is 11.4 Å². The smallest absolute Gasteiger partial charge is 0.237 e. The largest absolute Gasteiger partial charge is 0.392 e. The summed E-state index contributed by atoms with van der Waals surface area (Å²) in [5.74, 6) is -0.189. The Balaban J connectivity index is 2.97. The van der Waals surface area contributed by atoms with Crippen LogP contribution in [0.25, 0.3) is 0 Å². The molecule has 1 heterocycles. The lowest BCUT2D eigenvalue weighted by Gasteiger charge is -2.25. The zero-order chi connectivity index (χ0) is 13.9. The third kappa shape index (κ3) is 2.85. The Morgan fingerprint density at radius 2 is 2.11 bits per heavy atom. The fourth-order valence-electron chi connectivity index (χ4n) is 1.53. The third-order valence-corrected chi connectivity index (χ3v) is 3.68. The van der Waals surface area contributed by atoms with Crippen molar-refractivity contribution in [3.05, 3.63) is 23.5 Å². The second-order valence-electron chi connectivity index (χ2n) is 4.59. The maximum absolute atomic E-state index is 12.2. The molecule has 0 aliphatic carbocycles. The first-order chi connectivity index (χ1) is 8.31. The predicted octanol–water partition coefficient (Wildman–Crippen LogP) is 2.34. The third-order valence-electron chi connectivity index (χ3n) is 3.23. The molecule has 98 valence electrons. The van der Waals surface area contributed by atoms with Crippen molar-refractivity contribution in [2.45, 2.75) is 34.1 Å². The summed E-state index contributed by atoms with van der Waals surface area (Å²) in [4.78, 5) is 16.7. The van der Waals surface area contributed by atoms with Crippen molar-refractivity contribution < 1.29 is 4.79 Å². The second kappa shape index (κ2) is 5.44. The average molecular weight is 265 g/mol. The van der Waals surface area contributed by atoms with Gasteiger partial charge >= 0.3 is 0 Å². The van der Waals surface area contributed by atoms with E-state index in [2.05, 4.69) is 10.3 Å². The molecule has 18 heavy (non-hydrogen) atoms. The Morgan fingerprint density at radius 3 is 2.56 bits per heavy atom. The van der Waals surface area contributed by atoms with E-state index in [1.54, 1.807) is 6.92 Å². The molecule has 3 N–H and O–H groups in total. The number of nitrogens with two attached hydrogens (primary N) is 1. The molecule has 4 nitrogen and oxygen atoms in total. The minimum absolute atomic E-state index is 0.189. The van der Waals surface area contributed by atoms with E-state index in [9.17, 15) is 4.79 Å². The zero-order valence-corrected chi connectivity index (χ0v) is 12.0. The molecule has 1 amide bonds. The number of amides is 1. The molecule has 0 fully saturated rings. The lowest BCUT2D eigenvalue weighted by atomic mass is 9.86. The van der Waals surface area contributed by atoms with E-state index in [1.165, 1.54) is 0 Å². The molecule has 0 aliphatic rings. The number of aryl methyl sites for hydroxylation is 2. The summed E-state index contributed by atoms with van der Waals surface area (Å²) in [5.41, 5.74) is 7.22. The molecular formula is C13H19N3OS. The molecule has 0 aliphatic heterocycles. The number of pyridine rings is 1. The molecule has 0 radical (unpaired) electrons. The second-order valence-corrected chi connectivity index (χ2v) is 5.03. The number of aromatic nitrogens is 1. The number of hydrogen-bond acceptors (Lipinski definition) is 3. The van der Waals surface area contributed by atoms with Gasteiger partial charge in [-0.15, -0.1) is 0 Å². The molecule has 5 heteroatoms. The molecule has 1 aromatic rings. The molecule has 1 rings (SSSR count). The standard InChI is InChI=1S/C13H19N3OS/c1-5-13(4,11(14)18)12(17)16-10-7-6-8(2)15-9(10)3/h6-7H,5H2,1-4H3,(H2,14,18)(H,16,17). The van der Waals surface area contributed by atoms with Crippen LogP contribution in [0.4, 0.5) is 5.69 Å². The zero-order valence-electron chi connectivity index (χ0n) is 11.2. The minimum Gasteiger partial charge on any atom is -0.392 e. The van der Waals surface area contributed by atoms with Crippen molar-refractivity contribution in [1.82, 2.24) is 4.98 Å². The maximum Gasteiger partial charge on any atom is 0.237 e. The van der Waals surface area contributed by atoms with Crippen LogP contribution in [0.5, 0.6) is 0 Å². The molecule has 1 aromatic heterocycles. The van der Waals surface area contributed by atoms with Gasteiger partial charge in [-0.1, -0.05) is 19.1 Å². The summed E-state index contributed by atoms with van der Waals surface area (Å²) in [6, 6.07) is 3.69. The van der Waals surface area contributed by atoms with Crippen LogP contribution in [-0.4, -0.2) is 15.9 Å². The predicted molar refractivity (Wildman–Crippen MR) is 77.5 cm³/mol. The summed E-state index contributed by atoms with van der Waals surface area (Å²) >= 11 is 4.98. The Labute approximate surface area is 113 Å². The molecule has 0 bridgehead atoms. The number of anilines is 1. The van der Waals surface area contributed by atoms with Crippen molar-refractivity contribution >= 4 is 28.8 Å². The Morgan fingerprint density at radius 1 is 1.50 bits per heavy atom. The maximum atomic E-state index is 12.2. The van der Waals surface area contributed by atoms with Gasteiger partial charge in [0.25, 0.3) is 0 Å². The summed E-state index contributed by atoms with van der Waals surface area (Å²) in [5, 5.41) is 2.84. The monoisotopic (exact) mass is 265 g/mol. The van der Waals surface area contributed by atoms with Crippen molar-refractivity contribution in [2.75, 3.05) is 5.32 Å². The van der Waals surface area contributed by atoms with Crippen LogP contribution < -0.4 is 11.1 Å². The van der Waals surface area contributed by atoms with Crippen LogP contribution in [0.3, 0.4) is 0 Å². The number of nitrogens with one attached hydrogen (secondary N) is 1. The van der Waals surface area contributed by atoms with Gasteiger partial charge in [0.15, 0.2) is 0 Å². The lowest BCUT2D eigenvalue weighted by Crippen LogP contribution is -2.43. The highest BCUT2D eigenvalue weighted by Crippen LogP contribution is 2.24. The van der Waals surface area contributed by atoms with Gasteiger partial charge < -0.3 is 11.1 Å². The number of thiocarbonyl (C=S) groups is 1. The highest BCUT2D eigenvalue weighted by molar-refractivity contribution is 7.80. The topological polar surface area (TPSA) is 68.0 Å². The molecule has 0 spiro atoms. The number of carbonyl (C=O) groups is 1. The first-order valence-electron chi connectivity index (χ1n) is 5.87. The molecule has 0 aromatic carbocycles. The SMILES string of the molecule is CCC(C)(C(=O)Nc1ccc(C)nc1C)C(N)=S. The van der Waals surface area contributed by atoms with Crippen molar-refractivity contribution in [3.8, 4) is 0 Å². The van der Waals surface area contributed by atoms with Crippen molar-refractivity contribution in [1.29, 1.82) is 0 Å². The van der Waals surface area contributed by atoms with Gasteiger partial charge in [-0.3, -0.25) is 9.78 Å². The average Bonchev–Trinajstić information content (AvgIpc) is 2.31. The molecule has 0 saturated heterocycles. The molecule has 0 saturated carbocycles. The summed E-state index contributed by atoms with van der Waals surface area (Å²) < 4.78 is 0. The van der Waals surface area contributed by atoms with E-state index in [1.807, 2.05) is 32.9 Å². The Hall–Kier alpha value is -1.49. The number of nitrogens with zero attached hydrogens (tertiary/aromatic N) is 1. The van der Waals surface area contributed by atoms with E-state index in [-0.39, 0.29) is 10.9 Å². The Bertz CT molecular complexity index is 487. The molecule has 1 atom stereocenters. The van der Waals surface area contributed by atoms with Gasteiger partial charge in [0.05, 0.1) is 21.8 Å². The van der Waals surface area contributed by atoms with E-state index in [0.29, 0.717) is 12.1 Å². The van der Waals surface area contributed by atoms with Crippen LogP contribution >= 0.6 is 12.2 Å². The lowest BCUT2D eigenvalue weighted by molar-refractivity contribution is -0.121. The van der Waals surface area contributed by atoms with Crippen molar-refractivity contribution in [2.24, 2.45) is 11.1 Å². The van der Waals surface area contributed by atoms with Crippen LogP contribution in [0.1, 0.15) is 31.7 Å². The Kier molecular flexibility index (Phi) is 4.40. The molecule has 1 unspecified atom stereocenters. The number of carbonyl (C=O) groups excluding carboxylic acids is 1. The van der Waals surface area contributed by atoms with Gasteiger partial charge in [0, 0.05) is 5.69 Å². The highest BCUT2D eigenvalue weighted by atomic mass is 32.1. The fourth-order valence-corrected chi connectivity index (χ4v) is 1.76. The summed E-state index contributed by atoms with van der Waals surface area (Å²) in [6.07, 6.45) is 0.562. The van der Waals surface area contributed by atoms with Gasteiger partial charge in [0.2, 0.25) is 5.91 Å². The van der Waals surface area contributed by atoms with Crippen LogP contribution in [0, 0.1) is 19.3 Å². The van der Waals surface area contributed by atoms with Gasteiger partial charge in [-0.25, -0.2) is 0 Å². The van der Waals surface area contributed by atoms with E-state index < -0.39 is 5.41 Å². The van der Waals surface area contributed by atoms with Crippen LogP contribution in [0.15, 0.2) is 12.1 Å². The normalized spacial score (nSPS) is 13.8. The highest BCUT2D eigenvalue weighted by Gasteiger charge is 2.34. The van der Waals surface area contributed by atoms with E-state index >= 15 is 0 Å². The first kappa shape index (κ1) is 14.6. The minimum atomic E-state index is -0.827. The van der Waals surface area contributed by atoms with Gasteiger partial charge in [-0.05, 0) is 39.3 Å². The number of rotatable bonds is 4. The van der Waals surface area contributed by atoms with Gasteiger partial charge in [-0.2, -0.15) is 0 Å². The van der Waals surface area contributed by atoms with Gasteiger partial charge in [0.1, 0.15) is 0 Å². The van der Waals surface area contributed by atoms with Crippen molar-refractivity contribution in [3.63, 3.8) is 0 Å². The first-order valence-corrected chi connectivity index (χ1v) is 6.27. The fraction of sp³-hybridized carbons (Fsp3) is 0.462. The van der Waals surface area contributed by atoms with Crippen LogP contribution in [0.2, 0.25) is 0 Å².